The van der Waals surface area contributed by atoms with Gasteiger partial charge >= 0.3 is 0 Å². The van der Waals surface area contributed by atoms with Crippen molar-refractivity contribution >= 4 is 28.3 Å². The Morgan fingerprint density at radius 1 is 0.971 bits per heavy atom. The number of carbonyl (C=O) groups excluding carboxylic acids is 1. The Morgan fingerprint density at radius 2 is 1.77 bits per heavy atom. The number of carbonyl (C=O) groups is 1. The lowest BCUT2D eigenvalue weighted by molar-refractivity contribution is -0.121. The number of benzene rings is 1. The van der Waals surface area contributed by atoms with E-state index in [1.807, 2.05) is 28.8 Å². The van der Waals surface area contributed by atoms with Gasteiger partial charge in [0.1, 0.15) is 5.52 Å². The summed E-state index contributed by atoms with van der Waals surface area (Å²) in [4.78, 5) is 34.8. The summed E-state index contributed by atoms with van der Waals surface area (Å²) in [5.74, 6) is -0.0507. The minimum Gasteiger partial charge on any atom is -0.369 e. The summed E-state index contributed by atoms with van der Waals surface area (Å²) in [7, 11) is 0. The summed E-state index contributed by atoms with van der Waals surface area (Å²) in [5.41, 5.74) is 5.91. The van der Waals surface area contributed by atoms with Crippen LogP contribution in [0.25, 0.3) is 16.7 Å². The molecular formula is C27H32N6O2. The van der Waals surface area contributed by atoms with Gasteiger partial charge in [-0.3, -0.25) is 19.1 Å². The van der Waals surface area contributed by atoms with Crippen molar-refractivity contribution in [2.24, 2.45) is 0 Å². The van der Waals surface area contributed by atoms with Crippen LogP contribution in [0.1, 0.15) is 17.5 Å². The van der Waals surface area contributed by atoms with Gasteiger partial charge in [-0.2, -0.15) is 0 Å². The Hall–Kier alpha value is -3.65. The molecule has 35 heavy (non-hydrogen) atoms. The Kier molecular flexibility index (Phi) is 6.55. The maximum atomic E-state index is 13.0. The number of fused-ring (bicyclic) bond motifs is 3. The van der Waals surface area contributed by atoms with Gasteiger partial charge < -0.3 is 14.6 Å². The van der Waals surface area contributed by atoms with Gasteiger partial charge in [0.15, 0.2) is 5.65 Å². The van der Waals surface area contributed by atoms with Crippen molar-refractivity contribution in [2.45, 2.75) is 26.8 Å². The average molecular weight is 473 g/mol. The SMILES string of the molecule is Cc1cccc(N2CCN(CCNC(=O)CCn3c(=O)c4cccn4c4cccnc43)CC2)c1C. The molecule has 0 atom stereocenters. The van der Waals surface area contributed by atoms with Gasteiger partial charge in [-0.15, -0.1) is 0 Å². The molecule has 0 unspecified atom stereocenters. The molecule has 0 spiro atoms. The maximum Gasteiger partial charge on any atom is 0.276 e. The standard InChI is InChI=1S/C27H32N6O2/c1-20-6-3-7-22(21(20)2)31-18-16-30(17-19-31)15-12-28-25(34)10-14-33-26-23(8-4-11-29-26)32-13-5-9-24(32)27(33)35/h3-9,11,13H,10,12,14-19H2,1-2H3,(H,28,34). The highest BCUT2D eigenvalue weighted by Gasteiger charge is 2.19. The number of aryl methyl sites for hydroxylation is 2. The van der Waals surface area contributed by atoms with Crippen molar-refractivity contribution in [3.8, 4) is 0 Å². The first-order valence-electron chi connectivity index (χ1n) is 12.3. The Balaban J connectivity index is 1.12. The molecule has 1 fully saturated rings. The first kappa shape index (κ1) is 23.1. The number of aromatic nitrogens is 3. The molecule has 8 heteroatoms. The molecule has 0 aliphatic carbocycles. The predicted molar refractivity (Wildman–Crippen MR) is 139 cm³/mol. The number of hydrogen-bond acceptors (Lipinski definition) is 5. The van der Waals surface area contributed by atoms with E-state index >= 15 is 0 Å². The highest BCUT2D eigenvalue weighted by atomic mass is 16.2. The van der Waals surface area contributed by atoms with Crippen LogP contribution in [0, 0.1) is 13.8 Å². The number of piperazine rings is 1. The van der Waals surface area contributed by atoms with Crippen LogP contribution in [-0.4, -0.2) is 64.0 Å². The Morgan fingerprint density at radius 3 is 2.60 bits per heavy atom. The first-order valence-corrected chi connectivity index (χ1v) is 12.3. The van der Waals surface area contributed by atoms with Gasteiger partial charge in [0, 0.05) is 70.3 Å². The van der Waals surface area contributed by atoms with Crippen molar-refractivity contribution in [2.75, 3.05) is 44.2 Å². The molecule has 4 aromatic rings. The third-order valence-corrected chi connectivity index (χ3v) is 7.10. The zero-order chi connectivity index (χ0) is 24.4. The van der Waals surface area contributed by atoms with E-state index in [1.54, 1.807) is 16.8 Å². The molecule has 8 nitrogen and oxygen atoms in total. The van der Waals surface area contributed by atoms with E-state index in [-0.39, 0.29) is 17.9 Å². The van der Waals surface area contributed by atoms with Gasteiger partial charge in [-0.1, -0.05) is 12.1 Å². The normalized spacial score (nSPS) is 14.6. The lowest BCUT2D eigenvalue weighted by atomic mass is 10.1. The Labute approximate surface area is 204 Å². The molecule has 1 aliphatic heterocycles. The predicted octanol–water partition coefficient (Wildman–Crippen LogP) is 2.59. The topological polar surface area (TPSA) is 74.9 Å². The van der Waals surface area contributed by atoms with Crippen LogP contribution in [0.15, 0.2) is 59.7 Å². The number of anilines is 1. The highest BCUT2D eigenvalue weighted by Crippen LogP contribution is 2.23. The third kappa shape index (κ3) is 4.66. The monoisotopic (exact) mass is 472 g/mol. The van der Waals surface area contributed by atoms with Crippen LogP contribution in [0.5, 0.6) is 0 Å². The summed E-state index contributed by atoms with van der Waals surface area (Å²) < 4.78 is 3.46. The molecule has 0 bridgehead atoms. The van der Waals surface area contributed by atoms with Crippen LogP contribution >= 0.6 is 0 Å². The van der Waals surface area contributed by atoms with Crippen molar-refractivity contribution < 1.29 is 4.79 Å². The summed E-state index contributed by atoms with van der Waals surface area (Å²) >= 11 is 0. The molecule has 0 saturated carbocycles. The van der Waals surface area contributed by atoms with Crippen LogP contribution in [0.2, 0.25) is 0 Å². The average Bonchev–Trinajstić information content (AvgIpc) is 3.37. The largest absolute Gasteiger partial charge is 0.369 e. The molecule has 182 valence electrons. The van der Waals surface area contributed by atoms with Crippen LogP contribution < -0.4 is 15.8 Å². The minimum absolute atomic E-state index is 0.0507. The van der Waals surface area contributed by atoms with Crippen molar-refractivity contribution in [1.29, 1.82) is 0 Å². The Bertz CT molecular complexity index is 1410. The molecule has 3 aromatic heterocycles. The molecule has 5 rings (SSSR count). The molecule has 1 amide bonds. The smallest absolute Gasteiger partial charge is 0.276 e. The molecule has 1 aliphatic rings. The van der Waals surface area contributed by atoms with Crippen molar-refractivity contribution in [3.63, 3.8) is 0 Å². The third-order valence-electron chi connectivity index (χ3n) is 7.10. The van der Waals surface area contributed by atoms with E-state index in [2.05, 4.69) is 52.1 Å². The number of rotatable bonds is 7. The highest BCUT2D eigenvalue weighted by molar-refractivity contribution is 5.77. The zero-order valence-corrected chi connectivity index (χ0v) is 20.4. The number of nitrogens with one attached hydrogen (secondary N) is 1. The van der Waals surface area contributed by atoms with Crippen LogP contribution in [-0.2, 0) is 11.3 Å². The second kappa shape index (κ2) is 9.92. The quantitative estimate of drug-likeness (QED) is 0.448. The van der Waals surface area contributed by atoms with Gasteiger partial charge in [-0.25, -0.2) is 4.98 Å². The maximum absolute atomic E-state index is 13.0. The lowest BCUT2D eigenvalue weighted by Gasteiger charge is -2.37. The van der Waals surface area contributed by atoms with E-state index < -0.39 is 0 Å². The van der Waals surface area contributed by atoms with E-state index in [9.17, 15) is 9.59 Å². The molecule has 4 heterocycles. The van der Waals surface area contributed by atoms with Crippen molar-refractivity contribution in [3.05, 3.63) is 76.3 Å². The van der Waals surface area contributed by atoms with Crippen LogP contribution in [0.4, 0.5) is 5.69 Å². The van der Waals surface area contributed by atoms with Gasteiger partial charge in [0.25, 0.3) is 5.56 Å². The fourth-order valence-electron chi connectivity index (χ4n) is 4.94. The zero-order valence-electron chi connectivity index (χ0n) is 20.4. The van der Waals surface area contributed by atoms with E-state index in [4.69, 9.17) is 0 Å². The molecule has 1 N–H and O–H groups in total. The molecule has 1 aromatic carbocycles. The minimum atomic E-state index is -0.129. The number of amides is 1. The van der Waals surface area contributed by atoms with E-state index in [0.29, 0.717) is 24.3 Å². The molecular weight excluding hydrogens is 440 g/mol. The van der Waals surface area contributed by atoms with Gasteiger partial charge in [0.2, 0.25) is 5.91 Å². The summed E-state index contributed by atoms with van der Waals surface area (Å²) in [6.07, 6.45) is 3.77. The lowest BCUT2D eigenvalue weighted by Crippen LogP contribution is -2.48. The second-order valence-corrected chi connectivity index (χ2v) is 9.21. The first-order chi connectivity index (χ1) is 17.0. The van der Waals surface area contributed by atoms with Gasteiger partial charge in [0.05, 0.1) is 5.52 Å². The molecule has 0 radical (unpaired) electrons. The number of hydrogen-bond donors (Lipinski definition) is 1. The van der Waals surface area contributed by atoms with Gasteiger partial charge in [-0.05, 0) is 55.3 Å². The summed E-state index contributed by atoms with van der Waals surface area (Å²) in [5, 5.41) is 3.02. The van der Waals surface area contributed by atoms with E-state index in [1.165, 1.54) is 16.8 Å². The second-order valence-electron chi connectivity index (χ2n) is 9.21. The fourth-order valence-corrected chi connectivity index (χ4v) is 4.94. The van der Waals surface area contributed by atoms with Crippen molar-refractivity contribution in [1.82, 2.24) is 24.2 Å². The fraction of sp³-hybridized carbons (Fsp3) is 0.370. The van der Waals surface area contributed by atoms with Crippen LogP contribution in [0.3, 0.4) is 0 Å². The molecule has 1 saturated heterocycles. The number of nitrogens with zero attached hydrogens (tertiary/aromatic N) is 5. The number of pyridine rings is 1. The summed E-state index contributed by atoms with van der Waals surface area (Å²) in [6.45, 7) is 10.0. The van der Waals surface area contributed by atoms with E-state index in [0.717, 1.165) is 38.2 Å². The summed E-state index contributed by atoms with van der Waals surface area (Å²) in [6, 6.07) is 13.9.